The molecule has 0 spiro atoms. The van der Waals surface area contributed by atoms with Gasteiger partial charge in [-0.2, -0.15) is 0 Å². The number of rotatable bonds is 5. The van der Waals surface area contributed by atoms with E-state index >= 15 is 0 Å². The number of hydrogen-bond donors (Lipinski definition) is 2. The molecule has 2 aliphatic carbocycles. The minimum atomic E-state index is -2.31. The van der Waals surface area contributed by atoms with Gasteiger partial charge < -0.3 is 10.8 Å². The molecule has 2 rings (SSSR count). The molecule has 0 aromatic rings. The summed E-state index contributed by atoms with van der Waals surface area (Å²) in [6, 6.07) is 0. The van der Waals surface area contributed by atoms with E-state index in [1.807, 2.05) is 6.08 Å². The minimum Gasteiger partial charge on any atom is -0.481 e. The predicted octanol–water partition coefficient (Wildman–Crippen LogP) is 2.03. The van der Waals surface area contributed by atoms with Crippen molar-refractivity contribution in [2.45, 2.75) is 32.1 Å². The van der Waals surface area contributed by atoms with Gasteiger partial charge in [-0.1, -0.05) is 11.6 Å². The first-order valence-electron chi connectivity index (χ1n) is 5.86. The average Bonchev–Trinajstić information content (AvgIpc) is 2.52. The third-order valence-corrected chi connectivity index (χ3v) is 4.15. The van der Waals surface area contributed by atoms with Crippen LogP contribution >= 0.6 is 0 Å². The molecule has 17 heavy (non-hydrogen) atoms. The maximum atomic E-state index is 12.3. The van der Waals surface area contributed by atoms with Crippen molar-refractivity contribution in [2.75, 3.05) is 6.54 Å². The van der Waals surface area contributed by atoms with Crippen LogP contribution in [0.3, 0.4) is 0 Å². The van der Waals surface area contributed by atoms with Crippen molar-refractivity contribution in [2.24, 2.45) is 23.0 Å². The second-order valence-corrected chi connectivity index (χ2v) is 5.25. The Morgan fingerprint density at radius 3 is 2.88 bits per heavy atom. The van der Waals surface area contributed by atoms with Crippen LogP contribution in [0.2, 0.25) is 0 Å². The Morgan fingerprint density at radius 2 is 2.35 bits per heavy atom. The molecule has 0 heterocycles. The van der Waals surface area contributed by atoms with Crippen LogP contribution < -0.4 is 5.73 Å². The van der Waals surface area contributed by atoms with E-state index in [0.29, 0.717) is 18.9 Å². The highest BCUT2D eigenvalue weighted by atomic mass is 19.3. The maximum Gasteiger partial charge on any atom is 0.303 e. The van der Waals surface area contributed by atoms with Gasteiger partial charge in [0, 0.05) is 6.42 Å². The summed E-state index contributed by atoms with van der Waals surface area (Å²) in [5, 5.41) is 8.88. The van der Waals surface area contributed by atoms with Crippen molar-refractivity contribution in [1.82, 2.24) is 0 Å². The summed E-state index contributed by atoms with van der Waals surface area (Å²) in [6.07, 6.45) is 0.852. The lowest BCUT2D eigenvalue weighted by atomic mass is 9.53. The molecule has 0 bridgehead atoms. The summed E-state index contributed by atoms with van der Waals surface area (Å²) in [6.45, 7) is 0.318. The first kappa shape index (κ1) is 12.5. The third kappa shape index (κ3) is 2.20. The van der Waals surface area contributed by atoms with Crippen LogP contribution in [0.25, 0.3) is 0 Å². The van der Waals surface area contributed by atoms with Crippen LogP contribution in [0.1, 0.15) is 25.7 Å². The summed E-state index contributed by atoms with van der Waals surface area (Å²) < 4.78 is 24.6. The fourth-order valence-corrected chi connectivity index (χ4v) is 3.43. The van der Waals surface area contributed by atoms with Crippen LogP contribution in [-0.2, 0) is 4.79 Å². The van der Waals surface area contributed by atoms with E-state index in [-0.39, 0.29) is 24.2 Å². The van der Waals surface area contributed by atoms with Crippen LogP contribution in [-0.4, -0.2) is 24.0 Å². The first-order chi connectivity index (χ1) is 7.97. The van der Waals surface area contributed by atoms with E-state index < -0.39 is 12.4 Å². The molecule has 0 aliphatic heterocycles. The summed E-state index contributed by atoms with van der Waals surface area (Å²) in [7, 11) is 0. The maximum absolute atomic E-state index is 12.3. The zero-order chi connectivity index (χ0) is 12.6. The molecule has 2 aliphatic rings. The molecule has 96 valence electrons. The zero-order valence-corrected chi connectivity index (χ0v) is 9.53. The van der Waals surface area contributed by atoms with Crippen molar-refractivity contribution in [3.05, 3.63) is 11.6 Å². The molecule has 1 fully saturated rings. The molecule has 0 amide bonds. The number of halogens is 2. The molecule has 1 saturated carbocycles. The summed E-state index contributed by atoms with van der Waals surface area (Å²) in [5.41, 5.74) is 6.06. The van der Waals surface area contributed by atoms with Crippen molar-refractivity contribution in [3.63, 3.8) is 0 Å². The van der Waals surface area contributed by atoms with Crippen molar-refractivity contribution < 1.29 is 18.7 Å². The fraction of sp³-hybridized carbons (Fsp3) is 0.750. The summed E-state index contributed by atoms with van der Waals surface area (Å²) >= 11 is 0. The molecule has 3 N–H and O–H groups in total. The molecule has 0 aromatic heterocycles. The van der Waals surface area contributed by atoms with Crippen LogP contribution in [0, 0.1) is 17.3 Å². The summed E-state index contributed by atoms with van der Waals surface area (Å²) in [4.78, 5) is 10.8. The predicted molar refractivity (Wildman–Crippen MR) is 58.7 cm³/mol. The van der Waals surface area contributed by atoms with Gasteiger partial charge in [0.05, 0.1) is 6.42 Å². The van der Waals surface area contributed by atoms with Gasteiger partial charge in [-0.25, -0.2) is 8.78 Å². The molecule has 3 nitrogen and oxygen atoms in total. The van der Waals surface area contributed by atoms with Gasteiger partial charge in [-0.05, 0) is 36.6 Å². The van der Waals surface area contributed by atoms with E-state index in [2.05, 4.69) is 0 Å². The number of nitrogens with two attached hydrogens (primary N) is 1. The highest BCUT2D eigenvalue weighted by molar-refractivity contribution is 5.68. The Labute approximate surface area is 98.7 Å². The Balaban J connectivity index is 2.06. The molecular formula is C12H17F2NO2. The highest BCUT2D eigenvalue weighted by Crippen LogP contribution is 2.59. The normalized spacial score (nSPS) is 35.4. The number of aliphatic carboxylic acids is 1. The topological polar surface area (TPSA) is 63.3 Å². The molecular weight excluding hydrogens is 228 g/mol. The number of fused-ring (bicyclic) bond motifs is 1. The molecule has 5 heteroatoms. The Bertz CT molecular complexity index is 356. The lowest BCUT2D eigenvalue weighted by Gasteiger charge is -2.51. The monoisotopic (exact) mass is 245 g/mol. The zero-order valence-electron chi connectivity index (χ0n) is 9.53. The third-order valence-electron chi connectivity index (χ3n) is 4.15. The lowest BCUT2D eigenvalue weighted by molar-refractivity contribution is -0.144. The summed E-state index contributed by atoms with van der Waals surface area (Å²) in [5.74, 6) is -0.423. The first-order valence-corrected chi connectivity index (χ1v) is 5.86. The molecule has 0 radical (unpaired) electrons. The van der Waals surface area contributed by atoms with E-state index in [0.717, 1.165) is 12.0 Å². The number of carboxylic acids is 1. The van der Waals surface area contributed by atoms with Crippen molar-refractivity contribution in [1.29, 1.82) is 0 Å². The number of allylic oxidation sites excluding steroid dienone is 2. The van der Waals surface area contributed by atoms with E-state index in [1.54, 1.807) is 0 Å². The van der Waals surface area contributed by atoms with Gasteiger partial charge in [0.1, 0.15) is 0 Å². The van der Waals surface area contributed by atoms with Gasteiger partial charge in [0.2, 0.25) is 6.43 Å². The van der Waals surface area contributed by atoms with Crippen LogP contribution in [0.15, 0.2) is 11.6 Å². The number of carboxylic acid groups (broad SMARTS) is 1. The molecule has 0 unspecified atom stereocenters. The second kappa shape index (κ2) is 4.37. The van der Waals surface area contributed by atoms with Gasteiger partial charge in [-0.3, -0.25) is 4.79 Å². The van der Waals surface area contributed by atoms with Crippen molar-refractivity contribution in [3.8, 4) is 0 Å². The Hall–Kier alpha value is -0.970. The largest absolute Gasteiger partial charge is 0.481 e. The average molecular weight is 245 g/mol. The second-order valence-electron chi connectivity index (χ2n) is 5.25. The van der Waals surface area contributed by atoms with Gasteiger partial charge in [0.25, 0.3) is 0 Å². The van der Waals surface area contributed by atoms with Crippen LogP contribution in [0.4, 0.5) is 8.78 Å². The number of alkyl halides is 2. The fourth-order valence-electron chi connectivity index (χ4n) is 3.43. The Kier molecular flexibility index (Phi) is 3.21. The molecule has 3 atom stereocenters. The Morgan fingerprint density at radius 1 is 1.65 bits per heavy atom. The standard InChI is InChI=1S/C12H17F2NO2/c13-10(14)3-7-1-8-4-12(6-15,5-11(16)17)9(8)2-7/h2,8-10H,1,3-6,15H2,(H,16,17)/t8-,9-,12-/m1/s1. The SMILES string of the molecule is NC[C@]1(CC(=O)O)C[C@H]2CC(CC(F)F)=C[C@H]21. The molecule has 0 aromatic carbocycles. The van der Waals surface area contributed by atoms with Gasteiger partial charge in [-0.15, -0.1) is 0 Å². The number of carbonyl (C=O) groups is 1. The quantitative estimate of drug-likeness (QED) is 0.728. The lowest BCUT2D eigenvalue weighted by Crippen LogP contribution is -2.51. The number of hydrogen-bond acceptors (Lipinski definition) is 2. The highest BCUT2D eigenvalue weighted by Gasteiger charge is 2.54. The minimum absolute atomic E-state index is 0.0448. The van der Waals surface area contributed by atoms with Gasteiger partial charge >= 0.3 is 5.97 Å². The van der Waals surface area contributed by atoms with E-state index in [9.17, 15) is 13.6 Å². The van der Waals surface area contributed by atoms with E-state index in [1.165, 1.54) is 0 Å². The van der Waals surface area contributed by atoms with Gasteiger partial charge in [0.15, 0.2) is 0 Å². The molecule has 0 saturated heterocycles. The smallest absolute Gasteiger partial charge is 0.303 e. The van der Waals surface area contributed by atoms with Crippen LogP contribution in [0.5, 0.6) is 0 Å². The van der Waals surface area contributed by atoms with E-state index in [4.69, 9.17) is 10.8 Å². The van der Waals surface area contributed by atoms with Crippen molar-refractivity contribution >= 4 is 5.97 Å².